The fraction of sp³-hybridized carbons (Fsp3) is 0.773. The molecular weight excluding hydrogens is 382 g/mol. The van der Waals surface area contributed by atoms with Gasteiger partial charge in [-0.1, -0.05) is 37.6 Å². The van der Waals surface area contributed by atoms with E-state index in [0.29, 0.717) is 38.7 Å². The van der Waals surface area contributed by atoms with E-state index in [-0.39, 0.29) is 30.3 Å². The van der Waals surface area contributed by atoms with Gasteiger partial charge in [-0.15, -0.1) is 0 Å². The van der Waals surface area contributed by atoms with Crippen molar-refractivity contribution in [3.05, 3.63) is 24.3 Å². The summed E-state index contributed by atoms with van der Waals surface area (Å²) >= 11 is 0. The normalized spacial score (nSPS) is 29.6. The van der Waals surface area contributed by atoms with E-state index in [1.54, 1.807) is 13.0 Å². The summed E-state index contributed by atoms with van der Waals surface area (Å²) in [5.41, 5.74) is 0. The Morgan fingerprint density at radius 3 is 2.90 bits per heavy atom. The van der Waals surface area contributed by atoms with Gasteiger partial charge in [0.25, 0.3) is 5.92 Å². The average molecular weight is 417 g/mol. The van der Waals surface area contributed by atoms with E-state index in [1.165, 1.54) is 0 Å². The topological polar surface area (TPSA) is 65.0 Å². The summed E-state index contributed by atoms with van der Waals surface area (Å²) in [7, 11) is 0. The summed E-state index contributed by atoms with van der Waals surface area (Å²) in [6.07, 6.45) is 7.78. The summed E-state index contributed by atoms with van der Waals surface area (Å²) in [5.74, 6) is -3.85. The quantitative estimate of drug-likeness (QED) is 0.254. The number of ether oxygens (including phenoxy) is 1. The molecule has 29 heavy (non-hydrogen) atoms. The van der Waals surface area contributed by atoms with Crippen LogP contribution >= 0.6 is 0 Å². The Balaban J connectivity index is 2.18. The van der Waals surface area contributed by atoms with E-state index in [9.17, 15) is 18.7 Å². The summed E-state index contributed by atoms with van der Waals surface area (Å²) in [4.78, 5) is 22.7. The number of alkyl halides is 2. The van der Waals surface area contributed by atoms with Crippen LogP contribution in [0.15, 0.2) is 24.3 Å². The molecule has 2 aliphatic rings. The van der Waals surface area contributed by atoms with Crippen LogP contribution in [-0.4, -0.2) is 41.9 Å². The van der Waals surface area contributed by atoms with Crippen molar-refractivity contribution in [3.8, 4) is 0 Å². The van der Waals surface area contributed by atoms with Crippen molar-refractivity contribution in [2.75, 3.05) is 6.61 Å². The van der Waals surface area contributed by atoms with Crippen LogP contribution in [0, 0.1) is 11.8 Å². The zero-order valence-electron chi connectivity index (χ0n) is 17.4. The monoisotopic (exact) mass is 416 g/mol. The van der Waals surface area contributed by atoms with Crippen LogP contribution in [0.2, 0.25) is 0 Å². The molecule has 1 aliphatic heterocycles. The molecular formula is C22H34F2O5. The highest BCUT2D eigenvalue weighted by atomic mass is 19.3. The molecule has 2 rings (SSSR count). The standard InChI is InChI=1S/C22H34F2O5/c1-3-5-14-22(23,24)20(25)13-12-17-16-10-8-6-7-9-11-21(26)28-18(16)15-19(17)29-27-4-2/h6,8,12-13,16-20,25H,3-5,7,9-11,14-15H2,1-2H3. The number of carbonyl (C=O) groups excluding carboxylic acids is 1. The third-order valence-corrected chi connectivity index (χ3v) is 5.60. The number of unbranched alkanes of at least 4 members (excludes halogenated alkanes) is 1. The molecule has 0 radical (unpaired) electrons. The molecule has 166 valence electrons. The number of fused-ring (bicyclic) bond motifs is 1. The van der Waals surface area contributed by atoms with Gasteiger partial charge in [-0.05, 0) is 32.6 Å². The lowest BCUT2D eigenvalue weighted by Gasteiger charge is -2.25. The number of allylic oxidation sites excluding steroid dienone is 2. The fourth-order valence-electron chi connectivity index (χ4n) is 3.95. The highest BCUT2D eigenvalue weighted by molar-refractivity contribution is 5.69. The Hall–Kier alpha value is -1.31. The molecule has 1 aliphatic carbocycles. The minimum absolute atomic E-state index is 0.119. The van der Waals surface area contributed by atoms with Crippen molar-refractivity contribution in [2.24, 2.45) is 11.8 Å². The number of rotatable bonds is 9. The molecule has 1 saturated carbocycles. The second kappa shape index (κ2) is 11.8. The summed E-state index contributed by atoms with van der Waals surface area (Å²) in [6, 6.07) is 0. The zero-order valence-corrected chi connectivity index (χ0v) is 17.4. The molecule has 0 amide bonds. The third kappa shape index (κ3) is 7.15. The fourth-order valence-corrected chi connectivity index (χ4v) is 3.95. The van der Waals surface area contributed by atoms with Gasteiger partial charge in [0.2, 0.25) is 0 Å². The minimum Gasteiger partial charge on any atom is -0.462 e. The largest absolute Gasteiger partial charge is 0.462 e. The Morgan fingerprint density at radius 2 is 2.17 bits per heavy atom. The van der Waals surface area contributed by atoms with E-state index in [1.807, 2.05) is 19.1 Å². The molecule has 0 aromatic carbocycles. The highest BCUT2D eigenvalue weighted by Crippen LogP contribution is 2.41. The van der Waals surface area contributed by atoms with Gasteiger partial charge in [0.1, 0.15) is 18.3 Å². The van der Waals surface area contributed by atoms with E-state index in [0.717, 1.165) is 18.9 Å². The van der Waals surface area contributed by atoms with Gasteiger partial charge in [0.15, 0.2) is 0 Å². The Bertz CT molecular complexity index is 563. The first-order valence-electron chi connectivity index (χ1n) is 10.8. The average Bonchev–Trinajstić information content (AvgIpc) is 3.01. The molecule has 0 bridgehead atoms. The van der Waals surface area contributed by atoms with E-state index in [2.05, 4.69) is 0 Å². The molecule has 0 saturated heterocycles. The molecule has 5 unspecified atom stereocenters. The minimum atomic E-state index is -3.18. The molecule has 0 aromatic rings. The van der Waals surface area contributed by atoms with Gasteiger partial charge < -0.3 is 9.84 Å². The SMILES string of the molecule is CCCCC(F)(F)C(O)C=CC1C(OOCC)CC2OC(=O)CCCC=CCC21. The first kappa shape index (κ1) is 24.0. The van der Waals surface area contributed by atoms with Crippen LogP contribution in [0.1, 0.15) is 65.2 Å². The molecule has 1 fully saturated rings. The Labute approximate surface area is 172 Å². The Morgan fingerprint density at radius 1 is 1.38 bits per heavy atom. The maximum atomic E-state index is 14.1. The van der Waals surface area contributed by atoms with Crippen molar-refractivity contribution in [1.82, 2.24) is 0 Å². The Kier molecular flexibility index (Phi) is 9.72. The number of aliphatic hydroxyl groups is 1. The van der Waals surface area contributed by atoms with E-state index in [4.69, 9.17) is 14.5 Å². The van der Waals surface area contributed by atoms with Crippen LogP contribution in [0.25, 0.3) is 0 Å². The second-order valence-corrected chi connectivity index (χ2v) is 7.84. The van der Waals surface area contributed by atoms with Crippen LogP contribution in [0.3, 0.4) is 0 Å². The van der Waals surface area contributed by atoms with Gasteiger partial charge in [0.05, 0.1) is 6.61 Å². The molecule has 1 heterocycles. The van der Waals surface area contributed by atoms with Crippen LogP contribution < -0.4 is 0 Å². The summed E-state index contributed by atoms with van der Waals surface area (Å²) in [6.45, 7) is 3.97. The van der Waals surface area contributed by atoms with Gasteiger partial charge in [-0.2, -0.15) is 0 Å². The van der Waals surface area contributed by atoms with Crippen LogP contribution in [0.5, 0.6) is 0 Å². The van der Waals surface area contributed by atoms with Crippen molar-refractivity contribution < 1.29 is 33.2 Å². The smallest absolute Gasteiger partial charge is 0.306 e. The number of hydrogen-bond donors (Lipinski definition) is 1. The van der Waals surface area contributed by atoms with Crippen molar-refractivity contribution in [3.63, 3.8) is 0 Å². The first-order valence-corrected chi connectivity index (χ1v) is 10.8. The lowest BCUT2D eigenvalue weighted by Crippen LogP contribution is -2.32. The van der Waals surface area contributed by atoms with Crippen molar-refractivity contribution >= 4 is 5.97 Å². The van der Waals surface area contributed by atoms with Gasteiger partial charge in [-0.3, -0.25) is 4.79 Å². The third-order valence-electron chi connectivity index (χ3n) is 5.60. The maximum absolute atomic E-state index is 14.1. The predicted molar refractivity (Wildman–Crippen MR) is 105 cm³/mol. The number of halogens is 2. The van der Waals surface area contributed by atoms with Crippen LogP contribution in [-0.2, 0) is 19.3 Å². The van der Waals surface area contributed by atoms with Gasteiger partial charge >= 0.3 is 5.97 Å². The molecule has 5 nitrogen and oxygen atoms in total. The van der Waals surface area contributed by atoms with Crippen molar-refractivity contribution in [2.45, 2.75) is 89.4 Å². The molecule has 0 aromatic heterocycles. The predicted octanol–water partition coefficient (Wildman–Crippen LogP) is 4.74. The van der Waals surface area contributed by atoms with Crippen LogP contribution in [0.4, 0.5) is 8.78 Å². The molecule has 7 heteroatoms. The first-order chi connectivity index (χ1) is 13.9. The van der Waals surface area contributed by atoms with Crippen molar-refractivity contribution in [1.29, 1.82) is 0 Å². The molecule has 1 N–H and O–H groups in total. The van der Waals surface area contributed by atoms with Gasteiger partial charge in [-0.25, -0.2) is 18.6 Å². The summed E-state index contributed by atoms with van der Waals surface area (Å²) < 4.78 is 34.0. The number of esters is 1. The van der Waals surface area contributed by atoms with E-state index < -0.39 is 18.1 Å². The number of hydrogen-bond acceptors (Lipinski definition) is 5. The number of aliphatic hydroxyl groups excluding tert-OH is 1. The number of carbonyl (C=O) groups is 1. The highest BCUT2D eigenvalue weighted by Gasteiger charge is 2.45. The molecule has 5 atom stereocenters. The maximum Gasteiger partial charge on any atom is 0.306 e. The zero-order chi connectivity index (χ0) is 21.3. The van der Waals surface area contributed by atoms with E-state index >= 15 is 0 Å². The molecule has 0 spiro atoms. The summed E-state index contributed by atoms with van der Waals surface area (Å²) in [5, 5.41) is 10.0. The van der Waals surface area contributed by atoms with Gasteiger partial charge in [0, 0.05) is 31.1 Å². The lowest BCUT2D eigenvalue weighted by atomic mass is 9.89. The lowest BCUT2D eigenvalue weighted by molar-refractivity contribution is -0.326. The second-order valence-electron chi connectivity index (χ2n) is 7.84.